The number of hydrogen-bond acceptors (Lipinski definition) is 8. The summed E-state index contributed by atoms with van der Waals surface area (Å²) in [5.41, 5.74) is 3.47. The molecule has 6 heterocycles. The number of amides is 2. The second-order valence-corrected chi connectivity index (χ2v) is 10.2. The molecular weight excluding hydrogens is 516 g/mol. The molecule has 11 heteroatoms. The molecule has 0 spiro atoms. The second-order valence-electron chi connectivity index (χ2n) is 10.2. The van der Waals surface area contributed by atoms with Crippen LogP contribution in [0.3, 0.4) is 0 Å². The van der Waals surface area contributed by atoms with Crippen LogP contribution in [-0.2, 0) is 20.9 Å². The summed E-state index contributed by atoms with van der Waals surface area (Å²) in [6.07, 6.45) is 4.62. The van der Waals surface area contributed by atoms with Crippen molar-refractivity contribution in [2.75, 3.05) is 46.4 Å². The number of nitrogens with zero attached hydrogens (tertiary/aromatic N) is 2. The Kier molecular flexibility index (Phi) is 5.29. The number of fused-ring (bicyclic) bond motifs is 6. The zero-order valence-electron chi connectivity index (χ0n) is 21.6. The summed E-state index contributed by atoms with van der Waals surface area (Å²) in [6, 6.07) is 7.58. The van der Waals surface area contributed by atoms with Gasteiger partial charge in [0.2, 0.25) is 13.6 Å². The van der Waals surface area contributed by atoms with Gasteiger partial charge in [-0.05, 0) is 30.7 Å². The van der Waals surface area contributed by atoms with Crippen molar-refractivity contribution in [2.24, 2.45) is 0 Å². The predicted octanol–water partition coefficient (Wildman–Crippen LogP) is 2.87. The van der Waals surface area contributed by atoms with Crippen molar-refractivity contribution in [3.05, 3.63) is 47.8 Å². The molecule has 204 valence electrons. The number of benzene rings is 2. The fourth-order valence-electron chi connectivity index (χ4n) is 6.16. The van der Waals surface area contributed by atoms with Crippen molar-refractivity contribution in [3.63, 3.8) is 0 Å². The van der Waals surface area contributed by atoms with E-state index < -0.39 is 11.8 Å². The highest BCUT2D eigenvalue weighted by Crippen LogP contribution is 2.48. The molecule has 40 heavy (non-hydrogen) atoms. The number of rotatable bonds is 6. The molecule has 2 aromatic heterocycles. The summed E-state index contributed by atoms with van der Waals surface area (Å²) < 4.78 is 30.5. The Bertz CT molecular complexity index is 1740. The van der Waals surface area contributed by atoms with Crippen LogP contribution in [-0.4, -0.2) is 72.7 Å². The lowest BCUT2D eigenvalue weighted by atomic mass is 9.95. The van der Waals surface area contributed by atoms with Gasteiger partial charge < -0.3 is 33.2 Å². The Balaban J connectivity index is 1.29. The van der Waals surface area contributed by atoms with Crippen LogP contribution in [0.15, 0.2) is 36.7 Å². The van der Waals surface area contributed by atoms with E-state index in [-0.39, 0.29) is 19.2 Å². The van der Waals surface area contributed by atoms with Gasteiger partial charge in [-0.25, -0.2) is 0 Å². The summed E-state index contributed by atoms with van der Waals surface area (Å²) in [6.45, 7) is 5.24. The van der Waals surface area contributed by atoms with Crippen molar-refractivity contribution in [2.45, 2.75) is 13.0 Å². The summed E-state index contributed by atoms with van der Waals surface area (Å²) in [5.74, 6) is 1.42. The van der Waals surface area contributed by atoms with Crippen molar-refractivity contribution in [1.82, 2.24) is 19.8 Å². The summed E-state index contributed by atoms with van der Waals surface area (Å²) in [5, 5.41) is 3.98. The van der Waals surface area contributed by atoms with E-state index in [9.17, 15) is 9.59 Å². The van der Waals surface area contributed by atoms with Gasteiger partial charge in [0.05, 0.1) is 46.2 Å². The van der Waals surface area contributed by atoms with Gasteiger partial charge in [-0.15, -0.1) is 0 Å². The molecule has 1 saturated heterocycles. The van der Waals surface area contributed by atoms with Crippen molar-refractivity contribution in [3.8, 4) is 23.0 Å². The first-order chi connectivity index (χ1) is 19.7. The van der Waals surface area contributed by atoms with E-state index >= 15 is 0 Å². The molecule has 2 N–H and O–H groups in total. The molecule has 0 atom stereocenters. The number of morpholine rings is 1. The molecule has 0 unspecified atom stereocenters. The highest BCUT2D eigenvalue weighted by atomic mass is 16.7. The fourth-order valence-corrected chi connectivity index (χ4v) is 6.16. The largest absolute Gasteiger partial charge is 0.454 e. The minimum atomic E-state index is -0.463. The van der Waals surface area contributed by atoms with E-state index in [4.69, 9.17) is 23.7 Å². The smallest absolute Gasteiger partial charge is 0.259 e. The number of H-pyrrole nitrogens is 1. The second kappa shape index (κ2) is 9.04. The number of nitrogens with one attached hydrogen (secondary N) is 2. The van der Waals surface area contributed by atoms with Gasteiger partial charge in [0.15, 0.2) is 23.0 Å². The molecule has 4 aliphatic rings. The summed E-state index contributed by atoms with van der Waals surface area (Å²) in [4.78, 5) is 32.5. The van der Waals surface area contributed by atoms with Crippen molar-refractivity contribution < 1.29 is 33.3 Å². The molecule has 0 bridgehead atoms. The third-order valence-corrected chi connectivity index (χ3v) is 8.01. The van der Waals surface area contributed by atoms with Gasteiger partial charge in [0.1, 0.15) is 0 Å². The number of ether oxygens (including phenoxy) is 5. The first-order valence-electron chi connectivity index (χ1n) is 13.4. The number of hydrogen-bond donors (Lipinski definition) is 2. The third kappa shape index (κ3) is 3.51. The number of carbonyl (C=O) groups is 2. The van der Waals surface area contributed by atoms with Gasteiger partial charge in [-0.2, -0.15) is 0 Å². The third-order valence-electron chi connectivity index (χ3n) is 8.01. The number of carbonyl (C=O) groups excluding carboxylic acids is 2. The monoisotopic (exact) mass is 542 g/mol. The first-order valence-corrected chi connectivity index (χ1v) is 13.4. The molecule has 0 saturated carbocycles. The van der Waals surface area contributed by atoms with E-state index in [0.29, 0.717) is 45.1 Å². The van der Waals surface area contributed by atoms with Crippen molar-refractivity contribution >= 4 is 44.8 Å². The average Bonchev–Trinajstić information content (AvgIpc) is 3.78. The lowest BCUT2D eigenvalue weighted by molar-refractivity contribution is -0.122. The van der Waals surface area contributed by atoms with Gasteiger partial charge in [0.25, 0.3) is 11.8 Å². The Morgan fingerprint density at radius 1 is 0.775 bits per heavy atom. The maximum atomic E-state index is 13.5. The Morgan fingerprint density at radius 3 is 2.25 bits per heavy atom. The quantitative estimate of drug-likeness (QED) is 0.358. The lowest BCUT2D eigenvalue weighted by Crippen LogP contribution is -2.37. The van der Waals surface area contributed by atoms with Crippen LogP contribution in [0.2, 0.25) is 0 Å². The summed E-state index contributed by atoms with van der Waals surface area (Å²) >= 11 is 0. The van der Waals surface area contributed by atoms with Crippen LogP contribution in [0.1, 0.15) is 17.5 Å². The molecule has 0 aliphatic carbocycles. The van der Waals surface area contributed by atoms with Crippen LogP contribution >= 0.6 is 0 Å². The molecule has 2 aromatic carbocycles. The SMILES string of the molecule is O=C1NC(=O)C(c2cn(CCCN3CCOCC3)c3ccc4c(c23)OCO4)=C1c1c[nH]c2ccc3c(c12)OCO3. The van der Waals surface area contributed by atoms with E-state index in [0.717, 1.165) is 62.2 Å². The minimum absolute atomic E-state index is 0.0948. The van der Waals surface area contributed by atoms with Gasteiger partial charge >= 0.3 is 0 Å². The normalized spacial score (nSPS) is 18.5. The zero-order valence-corrected chi connectivity index (χ0v) is 21.6. The minimum Gasteiger partial charge on any atom is -0.454 e. The molecule has 2 amide bonds. The lowest BCUT2D eigenvalue weighted by Gasteiger charge is -2.26. The van der Waals surface area contributed by atoms with E-state index in [1.54, 1.807) is 6.20 Å². The first kappa shape index (κ1) is 23.4. The van der Waals surface area contributed by atoms with E-state index in [1.165, 1.54) is 0 Å². The maximum absolute atomic E-state index is 13.5. The Hall–Kier alpha value is -4.48. The van der Waals surface area contributed by atoms with Gasteiger partial charge in [-0.3, -0.25) is 19.8 Å². The van der Waals surface area contributed by atoms with E-state index in [2.05, 4.69) is 19.8 Å². The Morgan fingerprint density at radius 2 is 1.48 bits per heavy atom. The summed E-state index contributed by atoms with van der Waals surface area (Å²) in [7, 11) is 0. The Labute approximate surface area is 228 Å². The van der Waals surface area contributed by atoms with Crippen LogP contribution in [0.4, 0.5) is 0 Å². The number of imide groups is 1. The highest BCUT2D eigenvalue weighted by Gasteiger charge is 2.37. The molecule has 11 nitrogen and oxygen atoms in total. The van der Waals surface area contributed by atoms with Gasteiger partial charge in [-0.1, -0.05) is 0 Å². The number of aryl methyl sites for hydroxylation is 1. The zero-order chi connectivity index (χ0) is 26.8. The molecular formula is C29H26N4O7. The van der Waals surface area contributed by atoms with Crippen LogP contribution in [0.5, 0.6) is 23.0 Å². The number of aromatic nitrogens is 2. The van der Waals surface area contributed by atoms with Crippen LogP contribution in [0, 0.1) is 0 Å². The molecule has 4 aliphatic heterocycles. The highest BCUT2D eigenvalue weighted by molar-refractivity contribution is 6.51. The molecule has 0 radical (unpaired) electrons. The molecule has 1 fully saturated rings. The standard InChI is InChI=1S/C29H26N4O7/c34-28-24(16-12-30-18-2-4-20-26(22(16)18)39-14-37-20)25(29(35)31-28)17-13-33(7-1-6-32-8-10-36-11-9-32)19-3-5-21-27(23(17)19)40-15-38-21/h2-5,12-13,30H,1,6-11,14-15H2,(H,31,34,35). The molecule has 4 aromatic rings. The molecule has 8 rings (SSSR count). The van der Waals surface area contributed by atoms with Crippen LogP contribution in [0.25, 0.3) is 33.0 Å². The predicted molar refractivity (Wildman–Crippen MR) is 144 cm³/mol. The topological polar surface area (TPSA) is 116 Å². The van der Waals surface area contributed by atoms with Crippen LogP contribution < -0.4 is 24.3 Å². The van der Waals surface area contributed by atoms with E-state index in [1.807, 2.05) is 30.5 Å². The average molecular weight is 543 g/mol. The van der Waals surface area contributed by atoms with Gasteiger partial charge in [0, 0.05) is 49.7 Å². The fraction of sp³-hybridized carbons (Fsp3) is 0.310. The maximum Gasteiger partial charge on any atom is 0.259 e. The van der Waals surface area contributed by atoms with Crippen molar-refractivity contribution in [1.29, 1.82) is 0 Å². The number of aromatic amines is 1.